The first-order chi connectivity index (χ1) is 12.3. The number of carbonyl (C=O) groups excluding carboxylic acids is 1. The molecule has 2 aromatic carbocycles. The lowest BCUT2D eigenvalue weighted by Crippen LogP contribution is -2.32. The van der Waals surface area contributed by atoms with E-state index in [0.29, 0.717) is 11.6 Å². The van der Waals surface area contributed by atoms with E-state index in [2.05, 4.69) is 4.72 Å². The second kappa shape index (κ2) is 6.15. The fourth-order valence-corrected chi connectivity index (χ4v) is 5.27. The largest absolute Gasteiger partial charge is 0.311 e. The molecule has 2 aliphatic heterocycles. The summed E-state index contributed by atoms with van der Waals surface area (Å²) in [5, 5.41) is 0.644. The first-order valence-corrected chi connectivity index (χ1v) is 10.5. The molecule has 1 atom stereocenters. The zero-order valence-corrected chi connectivity index (χ0v) is 16.2. The van der Waals surface area contributed by atoms with Crippen molar-refractivity contribution in [2.45, 2.75) is 30.6 Å². The van der Waals surface area contributed by atoms with Gasteiger partial charge in [0.05, 0.1) is 27.2 Å². The van der Waals surface area contributed by atoms with Gasteiger partial charge in [0.15, 0.2) is 0 Å². The van der Waals surface area contributed by atoms with Crippen LogP contribution in [0.5, 0.6) is 0 Å². The van der Waals surface area contributed by atoms with Crippen LogP contribution in [0.25, 0.3) is 0 Å². The second-order valence-electron chi connectivity index (χ2n) is 6.57. The number of amides is 1. The van der Waals surface area contributed by atoms with E-state index in [0.717, 1.165) is 29.7 Å². The number of anilines is 2. The Labute approximate surface area is 162 Å². The summed E-state index contributed by atoms with van der Waals surface area (Å²) in [6.07, 6.45) is 1.58. The average Bonchev–Trinajstić information content (AvgIpc) is 2.84. The van der Waals surface area contributed by atoms with Crippen molar-refractivity contribution in [2.24, 2.45) is 0 Å². The highest BCUT2D eigenvalue weighted by Gasteiger charge is 2.38. The van der Waals surface area contributed by atoms with Crippen molar-refractivity contribution in [1.82, 2.24) is 0 Å². The molecule has 26 heavy (non-hydrogen) atoms. The van der Waals surface area contributed by atoms with Crippen LogP contribution in [0.4, 0.5) is 11.4 Å². The third kappa shape index (κ3) is 2.76. The molecule has 2 aromatic rings. The van der Waals surface area contributed by atoms with Gasteiger partial charge < -0.3 is 4.90 Å². The Morgan fingerprint density at radius 1 is 1.19 bits per heavy atom. The topological polar surface area (TPSA) is 66.5 Å². The van der Waals surface area contributed by atoms with E-state index in [4.69, 9.17) is 23.2 Å². The Hall–Kier alpha value is -1.76. The monoisotopic (exact) mass is 410 g/mol. The molecule has 8 heteroatoms. The van der Waals surface area contributed by atoms with E-state index in [1.54, 1.807) is 23.1 Å². The van der Waals surface area contributed by atoms with Crippen molar-refractivity contribution in [3.63, 3.8) is 0 Å². The van der Waals surface area contributed by atoms with Crippen LogP contribution >= 0.6 is 23.2 Å². The normalized spacial score (nSPS) is 18.8. The van der Waals surface area contributed by atoms with E-state index >= 15 is 0 Å². The maximum atomic E-state index is 12.9. The number of aryl methyl sites for hydroxylation is 1. The Kier molecular flexibility index (Phi) is 4.17. The summed E-state index contributed by atoms with van der Waals surface area (Å²) in [4.78, 5) is 14.4. The highest BCUT2D eigenvalue weighted by Crippen LogP contribution is 2.44. The molecule has 5 nitrogen and oxygen atoms in total. The molecule has 0 unspecified atom stereocenters. The van der Waals surface area contributed by atoms with E-state index in [-0.39, 0.29) is 27.4 Å². The molecule has 136 valence electrons. The number of halogens is 2. The van der Waals surface area contributed by atoms with E-state index < -0.39 is 10.0 Å². The minimum absolute atomic E-state index is 0.0317. The smallest absolute Gasteiger partial charge is 0.261 e. The van der Waals surface area contributed by atoms with Gasteiger partial charge in [0, 0.05) is 11.6 Å². The molecule has 0 fully saturated rings. The van der Waals surface area contributed by atoms with Crippen LogP contribution in [0.15, 0.2) is 35.2 Å². The maximum absolute atomic E-state index is 12.9. The van der Waals surface area contributed by atoms with Crippen LogP contribution in [0.2, 0.25) is 10.0 Å². The van der Waals surface area contributed by atoms with Gasteiger partial charge in [-0.05, 0) is 61.2 Å². The predicted molar refractivity (Wildman–Crippen MR) is 103 cm³/mol. The summed E-state index contributed by atoms with van der Waals surface area (Å²) in [5.74, 6) is -0.305. The van der Waals surface area contributed by atoms with E-state index in [1.807, 2.05) is 6.92 Å². The SMILES string of the molecule is C[C@@H]1C(=O)N2CCCc3cc(S(=O)(=O)Nc4ccc(Cl)cc4Cl)cc1c32. The lowest BCUT2D eigenvalue weighted by molar-refractivity contribution is -0.119. The zero-order valence-electron chi connectivity index (χ0n) is 13.9. The van der Waals surface area contributed by atoms with Crippen LogP contribution in [-0.4, -0.2) is 20.9 Å². The lowest BCUT2D eigenvalue weighted by atomic mass is 9.97. The lowest BCUT2D eigenvalue weighted by Gasteiger charge is -2.26. The van der Waals surface area contributed by atoms with Gasteiger partial charge in [0.25, 0.3) is 10.0 Å². The number of rotatable bonds is 3. The Morgan fingerprint density at radius 2 is 1.96 bits per heavy atom. The number of benzene rings is 2. The first kappa shape index (κ1) is 17.6. The molecule has 0 aromatic heterocycles. The molecule has 0 saturated heterocycles. The van der Waals surface area contributed by atoms with Crippen molar-refractivity contribution >= 4 is 50.5 Å². The van der Waals surface area contributed by atoms with Gasteiger partial charge in [-0.25, -0.2) is 8.42 Å². The summed E-state index contributed by atoms with van der Waals surface area (Å²) < 4.78 is 28.3. The molecule has 1 N–H and O–H groups in total. The number of sulfonamides is 1. The maximum Gasteiger partial charge on any atom is 0.261 e. The van der Waals surface area contributed by atoms with Crippen molar-refractivity contribution in [3.05, 3.63) is 51.5 Å². The number of hydrogen-bond acceptors (Lipinski definition) is 3. The summed E-state index contributed by atoms with van der Waals surface area (Å²) in [7, 11) is -3.84. The van der Waals surface area contributed by atoms with Gasteiger partial charge in [-0.1, -0.05) is 23.2 Å². The zero-order chi connectivity index (χ0) is 18.6. The van der Waals surface area contributed by atoms with Crippen molar-refractivity contribution in [1.29, 1.82) is 0 Å². The van der Waals surface area contributed by atoms with Gasteiger partial charge in [0.1, 0.15) is 0 Å². The molecule has 4 rings (SSSR count). The third-order valence-electron chi connectivity index (χ3n) is 4.88. The number of hydrogen-bond donors (Lipinski definition) is 1. The molecule has 1 amide bonds. The van der Waals surface area contributed by atoms with Gasteiger partial charge in [0.2, 0.25) is 5.91 Å². The summed E-state index contributed by atoms with van der Waals surface area (Å²) in [5.41, 5.74) is 2.82. The van der Waals surface area contributed by atoms with Crippen LogP contribution in [0, 0.1) is 0 Å². The molecule has 0 aliphatic carbocycles. The molecule has 0 radical (unpaired) electrons. The van der Waals surface area contributed by atoms with Crippen LogP contribution in [0.1, 0.15) is 30.4 Å². The molecule has 0 spiro atoms. The molecular weight excluding hydrogens is 395 g/mol. The fraction of sp³-hybridized carbons (Fsp3) is 0.278. The summed E-state index contributed by atoms with van der Waals surface area (Å²) in [6.45, 7) is 2.50. The highest BCUT2D eigenvalue weighted by atomic mass is 35.5. The van der Waals surface area contributed by atoms with Crippen molar-refractivity contribution in [2.75, 3.05) is 16.2 Å². The number of nitrogens with zero attached hydrogens (tertiary/aromatic N) is 1. The Morgan fingerprint density at radius 3 is 2.69 bits per heavy atom. The quantitative estimate of drug-likeness (QED) is 0.824. The molecule has 2 aliphatic rings. The minimum atomic E-state index is -3.84. The van der Waals surface area contributed by atoms with Gasteiger partial charge in [-0.3, -0.25) is 9.52 Å². The van der Waals surface area contributed by atoms with E-state index in [9.17, 15) is 13.2 Å². The first-order valence-electron chi connectivity index (χ1n) is 8.24. The third-order valence-corrected chi connectivity index (χ3v) is 6.77. The van der Waals surface area contributed by atoms with Gasteiger partial charge in [-0.2, -0.15) is 0 Å². The minimum Gasteiger partial charge on any atom is -0.311 e. The van der Waals surface area contributed by atoms with Gasteiger partial charge in [-0.15, -0.1) is 0 Å². The van der Waals surface area contributed by atoms with Crippen molar-refractivity contribution < 1.29 is 13.2 Å². The highest BCUT2D eigenvalue weighted by molar-refractivity contribution is 7.92. The number of carbonyl (C=O) groups is 1. The molecular formula is C18H16Cl2N2O3S. The molecule has 2 heterocycles. The summed E-state index contributed by atoms with van der Waals surface area (Å²) in [6, 6.07) is 7.82. The standard InChI is InChI=1S/C18H16Cl2N2O3S/c1-10-14-9-13(7-11-3-2-6-22(17(11)14)18(10)23)26(24,25)21-16-5-4-12(19)8-15(16)20/h4-5,7-10,21H,2-3,6H2,1H3/t10-/m0/s1. The summed E-state index contributed by atoms with van der Waals surface area (Å²) >= 11 is 11.9. The van der Waals surface area contributed by atoms with Crippen molar-refractivity contribution in [3.8, 4) is 0 Å². The fourth-order valence-electron chi connectivity index (χ4n) is 3.60. The van der Waals surface area contributed by atoms with Crippen LogP contribution in [0.3, 0.4) is 0 Å². The van der Waals surface area contributed by atoms with E-state index in [1.165, 1.54) is 12.1 Å². The molecule has 0 saturated carbocycles. The Bertz CT molecular complexity index is 1040. The second-order valence-corrected chi connectivity index (χ2v) is 9.09. The number of nitrogens with one attached hydrogen (secondary N) is 1. The molecule has 0 bridgehead atoms. The van der Waals surface area contributed by atoms with Crippen LogP contribution in [-0.2, 0) is 21.2 Å². The average molecular weight is 411 g/mol. The Balaban J connectivity index is 1.78. The van der Waals surface area contributed by atoms with Gasteiger partial charge >= 0.3 is 0 Å². The van der Waals surface area contributed by atoms with Crippen LogP contribution < -0.4 is 9.62 Å². The predicted octanol–water partition coefficient (Wildman–Crippen LogP) is 4.19.